The number of rotatable bonds is 6. The van der Waals surface area contributed by atoms with Gasteiger partial charge in [0, 0.05) is 31.3 Å². The maximum absolute atomic E-state index is 13.5. The van der Waals surface area contributed by atoms with E-state index in [4.69, 9.17) is 0 Å². The average Bonchev–Trinajstić information content (AvgIpc) is 3.11. The lowest BCUT2D eigenvalue weighted by Crippen LogP contribution is -2.35. The van der Waals surface area contributed by atoms with Crippen LogP contribution < -0.4 is 5.32 Å². The third-order valence-electron chi connectivity index (χ3n) is 7.55. The molecule has 2 aliphatic rings. The monoisotopic (exact) mass is 503 g/mol. The number of amides is 2. The van der Waals surface area contributed by atoms with Crippen molar-refractivity contribution in [1.29, 1.82) is 0 Å². The Morgan fingerprint density at radius 2 is 1.81 bits per heavy atom. The van der Waals surface area contributed by atoms with Crippen LogP contribution in [0.1, 0.15) is 25.1 Å². The minimum atomic E-state index is -0.606. The molecule has 7 nitrogen and oxygen atoms in total. The first kappa shape index (κ1) is 24.5. The van der Waals surface area contributed by atoms with Gasteiger partial charge in [0.05, 0.1) is 29.7 Å². The molecular weight excluding hydrogens is 476 g/mol. The summed E-state index contributed by atoms with van der Waals surface area (Å²) in [6, 6.07) is 8.73. The van der Waals surface area contributed by atoms with E-state index in [2.05, 4.69) is 22.0 Å². The molecule has 1 aliphatic carbocycles. The van der Waals surface area contributed by atoms with Gasteiger partial charge in [-0.25, -0.2) is 18.4 Å². The summed E-state index contributed by atoms with van der Waals surface area (Å²) in [5.41, 5.74) is 3.49. The lowest BCUT2D eigenvalue weighted by molar-refractivity contribution is -0.129. The van der Waals surface area contributed by atoms with Gasteiger partial charge in [0.1, 0.15) is 17.5 Å². The molecule has 3 atom stereocenters. The fourth-order valence-electron chi connectivity index (χ4n) is 5.50. The van der Waals surface area contributed by atoms with Crippen LogP contribution in [0.4, 0.5) is 14.6 Å². The highest BCUT2D eigenvalue weighted by Crippen LogP contribution is 2.68. The van der Waals surface area contributed by atoms with Crippen molar-refractivity contribution in [1.82, 2.24) is 19.7 Å². The number of halogens is 2. The van der Waals surface area contributed by atoms with Crippen LogP contribution in [0.2, 0.25) is 0 Å². The first-order chi connectivity index (χ1) is 17.6. The Bertz CT molecular complexity index is 1430. The molecule has 9 heteroatoms. The minimum absolute atomic E-state index is 0.0504. The van der Waals surface area contributed by atoms with E-state index in [1.54, 1.807) is 27.9 Å². The number of allylic oxidation sites excluding steroid dienone is 1. The van der Waals surface area contributed by atoms with Crippen LogP contribution in [0.15, 0.2) is 66.5 Å². The van der Waals surface area contributed by atoms with E-state index < -0.39 is 17.2 Å². The molecule has 0 radical (unpaired) electrons. The molecule has 1 saturated carbocycles. The van der Waals surface area contributed by atoms with Gasteiger partial charge in [-0.3, -0.25) is 9.59 Å². The van der Waals surface area contributed by atoms with Gasteiger partial charge in [-0.2, -0.15) is 5.10 Å². The highest BCUT2D eigenvalue weighted by Gasteiger charge is 2.73. The number of nitrogens with one attached hydrogen (secondary N) is 1. The maximum atomic E-state index is 13.5. The van der Waals surface area contributed by atoms with Gasteiger partial charge in [0.15, 0.2) is 0 Å². The summed E-state index contributed by atoms with van der Waals surface area (Å²) in [4.78, 5) is 31.1. The molecule has 1 aliphatic heterocycles. The van der Waals surface area contributed by atoms with Crippen molar-refractivity contribution < 1.29 is 18.4 Å². The Labute approximate surface area is 213 Å². The zero-order chi connectivity index (χ0) is 26.5. The van der Waals surface area contributed by atoms with Crippen LogP contribution in [0.3, 0.4) is 0 Å². The van der Waals surface area contributed by atoms with Crippen LogP contribution in [0, 0.1) is 35.8 Å². The molecule has 2 fully saturated rings. The molecule has 190 valence electrons. The Balaban J connectivity index is 1.44. The largest absolute Gasteiger partial charge is 0.342 e. The molecule has 3 aromatic rings. The third-order valence-corrected chi connectivity index (χ3v) is 7.55. The van der Waals surface area contributed by atoms with E-state index >= 15 is 0 Å². The van der Waals surface area contributed by atoms with Gasteiger partial charge in [0.2, 0.25) is 11.8 Å². The molecule has 3 heterocycles. The van der Waals surface area contributed by atoms with Crippen molar-refractivity contribution in [3.8, 4) is 5.69 Å². The van der Waals surface area contributed by atoms with Crippen LogP contribution >= 0.6 is 0 Å². The number of fused-ring (bicyclic) bond motifs is 1. The topological polar surface area (TPSA) is 80.1 Å². The molecule has 0 unspecified atom stereocenters. The minimum Gasteiger partial charge on any atom is -0.342 e. The number of nitrogens with zero attached hydrogens (tertiary/aromatic N) is 4. The predicted molar refractivity (Wildman–Crippen MR) is 136 cm³/mol. The predicted octanol–water partition coefficient (Wildman–Crippen LogP) is 4.55. The van der Waals surface area contributed by atoms with E-state index in [1.165, 1.54) is 31.2 Å². The number of aromatic nitrogens is 3. The number of carbonyl (C=O) groups is 2. The second-order valence-electron chi connectivity index (χ2n) is 9.78. The van der Waals surface area contributed by atoms with Gasteiger partial charge < -0.3 is 10.2 Å². The fraction of sp³-hybridized carbons (Fsp3) is 0.286. The number of piperidine rings is 1. The summed E-state index contributed by atoms with van der Waals surface area (Å²) >= 11 is 0. The second-order valence-corrected chi connectivity index (χ2v) is 9.78. The van der Waals surface area contributed by atoms with Crippen molar-refractivity contribution in [3.05, 3.63) is 89.4 Å². The molecule has 2 aromatic heterocycles. The quantitative estimate of drug-likeness (QED) is 0.501. The third kappa shape index (κ3) is 4.24. The van der Waals surface area contributed by atoms with Crippen molar-refractivity contribution in [2.75, 3.05) is 18.4 Å². The first-order valence-corrected chi connectivity index (χ1v) is 12.0. The summed E-state index contributed by atoms with van der Waals surface area (Å²) < 4.78 is 28.4. The smallest absolute Gasteiger partial charge is 0.230 e. The van der Waals surface area contributed by atoms with Gasteiger partial charge >= 0.3 is 0 Å². The van der Waals surface area contributed by atoms with Crippen molar-refractivity contribution in [2.24, 2.45) is 17.3 Å². The molecule has 1 N–H and O–H groups in total. The summed E-state index contributed by atoms with van der Waals surface area (Å²) in [6.45, 7) is 10.6. The zero-order valence-corrected chi connectivity index (χ0v) is 20.8. The van der Waals surface area contributed by atoms with Crippen LogP contribution in [-0.2, 0) is 9.59 Å². The number of anilines is 1. The summed E-state index contributed by atoms with van der Waals surface area (Å²) in [7, 11) is 0. The van der Waals surface area contributed by atoms with Gasteiger partial charge in [-0.1, -0.05) is 6.58 Å². The number of aryl methyl sites for hydroxylation is 1. The van der Waals surface area contributed by atoms with Gasteiger partial charge in [-0.15, -0.1) is 0 Å². The standard InChI is InChI=1S/C28H27F2N5O2/c1-16(11-24-17(2)12-32-35(24)22-8-5-20(29)6-9-22)18(3)28-15-34(19(4)36)14-23(28)26(28)27(37)33-25-10-7-21(30)13-31-25/h5-13,23,26H,3,14-15H2,1-2,4H3,(H,31,33,37)/b16-11-/t23-,26+,28+/m0/s1. The molecule has 0 spiro atoms. The molecule has 1 saturated heterocycles. The maximum Gasteiger partial charge on any atom is 0.230 e. The molecule has 5 rings (SSSR count). The van der Waals surface area contributed by atoms with E-state index in [1.807, 2.05) is 19.9 Å². The Kier molecular flexibility index (Phi) is 6.01. The zero-order valence-electron chi connectivity index (χ0n) is 20.8. The van der Waals surface area contributed by atoms with Crippen LogP contribution in [0.5, 0.6) is 0 Å². The Hall–Kier alpha value is -4.14. The number of hydrogen-bond acceptors (Lipinski definition) is 4. The lowest BCUT2D eigenvalue weighted by Gasteiger charge is -2.24. The summed E-state index contributed by atoms with van der Waals surface area (Å²) in [5, 5.41) is 7.24. The Morgan fingerprint density at radius 3 is 2.46 bits per heavy atom. The first-order valence-electron chi connectivity index (χ1n) is 12.0. The Morgan fingerprint density at radius 1 is 1.11 bits per heavy atom. The van der Waals surface area contributed by atoms with Crippen LogP contribution in [0.25, 0.3) is 11.8 Å². The van der Waals surface area contributed by atoms with Gasteiger partial charge in [-0.05, 0) is 73.0 Å². The summed E-state index contributed by atoms with van der Waals surface area (Å²) in [6.07, 6.45) is 4.75. The van der Waals surface area contributed by atoms with E-state index in [0.717, 1.165) is 28.6 Å². The highest BCUT2D eigenvalue weighted by molar-refractivity contribution is 5.96. The van der Waals surface area contributed by atoms with Gasteiger partial charge in [0.25, 0.3) is 0 Å². The van der Waals surface area contributed by atoms with Crippen molar-refractivity contribution in [3.63, 3.8) is 0 Å². The van der Waals surface area contributed by atoms with E-state index in [0.29, 0.717) is 18.8 Å². The summed E-state index contributed by atoms with van der Waals surface area (Å²) in [5.74, 6) is -1.31. The fourth-order valence-corrected chi connectivity index (χ4v) is 5.50. The van der Waals surface area contributed by atoms with Crippen LogP contribution in [-0.4, -0.2) is 44.6 Å². The second kappa shape index (κ2) is 9.06. The average molecular weight is 504 g/mol. The molecular formula is C28H27F2N5O2. The molecule has 2 amide bonds. The normalized spacial score (nSPS) is 22.5. The van der Waals surface area contributed by atoms with Crippen molar-refractivity contribution >= 4 is 23.7 Å². The van der Waals surface area contributed by atoms with E-state index in [-0.39, 0.29) is 29.4 Å². The SMILES string of the molecule is C=C(/C(C)=C\c1c(C)cnn1-c1ccc(F)cc1)[C@]12CN(C(C)=O)C[C@H]1[C@@H]2C(=O)Nc1ccc(F)cn1. The molecule has 1 aromatic carbocycles. The number of benzene rings is 1. The van der Waals surface area contributed by atoms with E-state index in [9.17, 15) is 18.4 Å². The van der Waals surface area contributed by atoms with Crippen molar-refractivity contribution in [2.45, 2.75) is 20.8 Å². The molecule has 0 bridgehead atoms. The molecule has 37 heavy (non-hydrogen) atoms. The lowest BCUT2D eigenvalue weighted by atomic mass is 9.87. The number of likely N-dealkylation sites (tertiary alicyclic amines) is 1. The number of hydrogen-bond donors (Lipinski definition) is 1. The number of carbonyl (C=O) groups excluding carboxylic acids is 2. The highest BCUT2D eigenvalue weighted by atomic mass is 19.1. The number of pyridine rings is 1.